The van der Waals surface area contributed by atoms with Gasteiger partial charge in [-0.15, -0.1) is 11.3 Å². The number of benzene rings is 7. The van der Waals surface area contributed by atoms with Crippen molar-refractivity contribution in [2.45, 2.75) is 5.41 Å². The summed E-state index contributed by atoms with van der Waals surface area (Å²) in [6, 6.07) is 60.6. The van der Waals surface area contributed by atoms with Gasteiger partial charge in [0.15, 0.2) is 5.82 Å². The zero-order chi connectivity index (χ0) is 33.5. The lowest BCUT2D eigenvalue weighted by Gasteiger charge is -2.39. The highest BCUT2D eigenvalue weighted by Crippen LogP contribution is 2.62. The molecule has 0 saturated carbocycles. The van der Waals surface area contributed by atoms with Crippen LogP contribution in [0.2, 0.25) is 0 Å². The molecule has 3 heterocycles. The number of fused-ring (bicyclic) bond motifs is 12. The molecule has 1 aliphatic carbocycles. The Morgan fingerprint density at radius 3 is 1.90 bits per heavy atom. The van der Waals surface area contributed by atoms with Gasteiger partial charge in [-0.05, 0) is 63.7 Å². The molecule has 11 rings (SSSR count). The van der Waals surface area contributed by atoms with Gasteiger partial charge in [0.2, 0.25) is 0 Å². The zero-order valence-electron chi connectivity index (χ0n) is 27.4. The smallest absolute Gasteiger partial charge is 0.160 e. The maximum absolute atomic E-state index is 6.56. The van der Waals surface area contributed by atoms with Crippen LogP contribution in [0.15, 0.2) is 170 Å². The second-order valence-electron chi connectivity index (χ2n) is 13.3. The average molecular weight is 669 g/mol. The summed E-state index contributed by atoms with van der Waals surface area (Å²) in [5, 5.41) is 1.16. The van der Waals surface area contributed by atoms with Crippen LogP contribution in [0.25, 0.3) is 65.2 Å². The van der Waals surface area contributed by atoms with Crippen molar-refractivity contribution < 1.29 is 4.74 Å². The van der Waals surface area contributed by atoms with E-state index in [1.54, 1.807) is 11.3 Å². The summed E-state index contributed by atoms with van der Waals surface area (Å²) in [5.41, 5.74) is 13.3. The molecular formula is C47H28N2OS. The van der Waals surface area contributed by atoms with Crippen molar-refractivity contribution in [3.8, 4) is 56.4 Å². The van der Waals surface area contributed by atoms with Crippen molar-refractivity contribution in [2.75, 3.05) is 0 Å². The van der Waals surface area contributed by atoms with Crippen LogP contribution < -0.4 is 4.74 Å². The number of hydrogen-bond donors (Lipinski definition) is 0. The fourth-order valence-electron chi connectivity index (χ4n) is 8.38. The first-order chi connectivity index (χ1) is 25.3. The summed E-state index contributed by atoms with van der Waals surface area (Å²) in [4.78, 5) is 10.4. The lowest BCUT2D eigenvalue weighted by atomic mass is 9.66. The fourth-order valence-corrected chi connectivity index (χ4v) is 9.54. The van der Waals surface area contributed by atoms with Crippen molar-refractivity contribution in [2.24, 2.45) is 0 Å². The summed E-state index contributed by atoms with van der Waals surface area (Å²) in [5.74, 6) is 2.54. The molecular weight excluding hydrogens is 641 g/mol. The van der Waals surface area contributed by atoms with E-state index in [2.05, 4.69) is 152 Å². The Balaban J connectivity index is 1.14. The Labute approximate surface area is 299 Å². The Morgan fingerprint density at radius 1 is 0.451 bits per heavy atom. The Morgan fingerprint density at radius 2 is 1.08 bits per heavy atom. The van der Waals surface area contributed by atoms with Gasteiger partial charge in [-0.1, -0.05) is 140 Å². The molecule has 238 valence electrons. The summed E-state index contributed by atoms with van der Waals surface area (Å²) < 4.78 is 8.88. The molecule has 1 aliphatic heterocycles. The monoisotopic (exact) mass is 668 g/mol. The van der Waals surface area contributed by atoms with Gasteiger partial charge in [0.05, 0.1) is 21.3 Å². The summed E-state index contributed by atoms with van der Waals surface area (Å²) >= 11 is 1.76. The molecule has 0 atom stereocenters. The van der Waals surface area contributed by atoms with E-state index in [-0.39, 0.29) is 0 Å². The second-order valence-corrected chi connectivity index (χ2v) is 14.3. The summed E-state index contributed by atoms with van der Waals surface area (Å²) in [7, 11) is 0. The minimum atomic E-state index is -0.508. The van der Waals surface area contributed by atoms with Crippen LogP contribution >= 0.6 is 11.3 Å². The first-order valence-electron chi connectivity index (χ1n) is 17.2. The molecule has 0 saturated heterocycles. The number of nitrogens with zero attached hydrogens (tertiary/aromatic N) is 2. The van der Waals surface area contributed by atoms with Gasteiger partial charge in [0.1, 0.15) is 11.5 Å². The third kappa shape index (κ3) is 4.05. The van der Waals surface area contributed by atoms with Crippen LogP contribution in [0.3, 0.4) is 0 Å². The van der Waals surface area contributed by atoms with Gasteiger partial charge in [-0.25, -0.2) is 9.97 Å². The number of rotatable bonds is 3. The van der Waals surface area contributed by atoms with E-state index in [0.29, 0.717) is 0 Å². The molecule has 9 aromatic rings. The van der Waals surface area contributed by atoms with Crippen molar-refractivity contribution in [1.82, 2.24) is 9.97 Å². The normalized spacial score (nSPS) is 13.4. The molecule has 51 heavy (non-hydrogen) atoms. The summed E-state index contributed by atoms with van der Waals surface area (Å²) in [6.45, 7) is 0. The van der Waals surface area contributed by atoms with Crippen molar-refractivity contribution in [3.05, 3.63) is 192 Å². The highest BCUT2D eigenvalue weighted by Gasteiger charge is 2.51. The minimum absolute atomic E-state index is 0.508. The zero-order valence-corrected chi connectivity index (χ0v) is 28.2. The third-order valence-corrected chi connectivity index (χ3v) is 11.7. The lowest BCUT2D eigenvalue weighted by Crippen LogP contribution is -2.32. The molecule has 4 heteroatoms. The Hall–Kier alpha value is -6.36. The van der Waals surface area contributed by atoms with Crippen LogP contribution in [-0.4, -0.2) is 9.97 Å². The number of thiophene rings is 1. The van der Waals surface area contributed by atoms with Crippen LogP contribution in [0.1, 0.15) is 22.3 Å². The average Bonchev–Trinajstić information content (AvgIpc) is 3.72. The van der Waals surface area contributed by atoms with Gasteiger partial charge < -0.3 is 4.74 Å². The van der Waals surface area contributed by atoms with E-state index in [1.165, 1.54) is 38.1 Å². The van der Waals surface area contributed by atoms with E-state index >= 15 is 0 Å². The van der Waals surface area contributed by atoms with Crippen molar-refractivity contribution >= 4 is 31.6 Å². The van der Waals surface area contributed by atoms with Gasteiger partial charge in [-0.2, -0.15) is 0 Å². The molecule has 0 fully saturated rings. The predicted octanol–water partition coefficient (Wildman–Crippen LogP) is 12.3. The van der Waals surface area contributed by atoms with E-state index in [1.807, 2.05) is 18.2 Å². The van der Waals surface area contributed by atoms with Crippen LogP contribution in [-0.2, 0) is 5.41 Å². The fraction of sp³-hybridized carbons (Fsp3) is 0.0213. The molecule has 1 spiro atoms. The molecule has 2 aliphatic rings. The number of ether oxygens (including phenoxy) is 1. The number of para-hydroxylation sites is 2. The maximum Gasteiger partial charge on any atom is 0.160 e. The first kappa shape index (κ1) is 28.5. The molecule has 0 N–H and O–H groups in total. The second kappa shape index (κ2) is 10.8. The SMILES string of the molecule is c1ccc(-c2nc(-c3cccc(-c4ccc5c(c4)C4(c6ccccc6Oc6ccccc64)c4ccccc4-5)c3)c3sc4ccccc4c3n2)cc1. The Kier molecular flexibility index (Phi) is 6.04. The van der Waals surface area contributed by atoms with Gasteiger partial charge in [0, 0.05) is 32.3 Å². The molecule has 0 bridgehead atoms. The van der Waals surface area contributed by atoms with Crippen molar-refractivity contribution in [1.29, 1.82) is 0 Å². The largest absolute Gasteiger partial charge is 0.457 e. The van der Waals surface area contributed by atoms with E-state index in [0.717, 1.165) is 60.9 Å². The quantitative estimate of drug-likeness (QED) is 0.188. The third-order valence-electron chi connectivity index (χ3n) is 10.6. The minimum Gasteiger partial charge on any atom is -0.457 e. The van der Waals surface area contributed by atoms with Crippen molar-refractivity contribution in [3.63, 3.8) is 0 Å². The van der Waals surface area contributed by atoms with E-state index in [4.69, 9.17) is 14.7 Å². The highest BCUT2D eigenvalue weighted by atomic mass is 32.1. The molecule has 0 unspecified atom stereocenters. The summed E-state index contributed by atoms with van der Waals surface area (Å²) in [6.07, 6.45) is 0. The van der Waals surface area contributed by atoms with Crippen LogP contribution in [0.4, 0.5) is 0 Å². The van der Waals surface area contributed by atoms with E-state index < -0.39 is 5.41 Å². The van der Waals surface area contributed by atoms with Crippen LogP contribution in [0, 0.1) is 0 Å². The molecule has 2 aromatic heterocycles. The van der Waals surface area contributed by atoms with Gasteiger partial charge in [0.25, 0.3) is 0 Å². The molecule has 0 radical (unpaired) electrons. The molecule has 7 aromatic carbocycles. The standard InChI is InChI=1S/C47H28N2OS/c1-2-13-29(14-3-1)46-48-43(45-44(49-46)35-18-5-11-24-42(35)51-45)32-16-12-15-30(27-32)31-25-26-34-33-17-4-6-19-36(33)47(39(34)28-31)37-20-7-9-22-40(37)50-41-23-10-8-21-38(41)47/h1-28H. The van der Waals surface area contributed by atoms with Crippen LogP contribution in [0.5, 0.6) is 11.5 Å². The number of hydrogen-bond acceptors (Lipinski definition) is 4. The van der Waals surface area contributed by atoms with E-state index in [9.17, 15) is 0 Å². The van der Waals surface area contributed by atoms with Gasteiger partial charge in [-0.3, -0.25) is 0 Å². The first-order valence-corrected chi connectivity index (χ1v) is 18.1. The topological polar surface area (TPSA) is 35.0 Å². The Bertz CT molecular complexity index is 2810. The lowest BCUT2D eigenvalue weighted by molar-refractivity contribution is 0.436. The maximum atomic E-state index is 6.56. The molecule has 3 nitrogen and oxygen atoms in total. The highest BCUT2D eigenvalue weighted by molar-refractivity contribution is 7.26. The predicted molar refractivity (Wildman–Crippen MR) is 209 cm³/mol. The van der Waals surface area contributed by atoms with Gasteiger partial charge >= 0.3 is 0 Å². The number of aromatic nitrogens is 2. The molecule has 0 amide bonds.